The van der Waals surface area contributed by atoms with Crippen molar-refractivity contribution in [2.24, 2.45) is 0 Å². The third kappa shape index (κ3) is 18.0. The lowest BCUT2D eigenvalue weighted by Gasteiger charge is -2.18. The molecule has 0 unspecified atom stereocenters. The molecule has 0 aromatic carbocycles. The van der Waals surface area contributed by atoms with E-state index in [9.17, 15) is 0 Å². The number of hydrogen-bond donors (Lipinski definition) is 1. The fourth-order valence-corrected chi connectivity index (χ4v) is 2.59. The first-order valence-corrected chi connectivity index (χ1v) is 10.3. The maximum atomic E-state index is 8.70. The Bertz CT molecular complexity index is 241. The zero-order valence-electron chi connectivity index (χ0n) is 16.3. The molecule has 0 aliphatic rings. The van der Waals surface area contributed by atoms with Gasteiger partial charge in [0.05, 0.1) is 0 Å². The van der Waals surface area contributed by atoms with E-state index in [0.717, 1.165) is 45.3 Å². The van der Waals surface area contributed by atoms with Crippen LogP contribution in [0.4, 0.5) is 0 Å². The number of unbranched alkanes of at least 4 members (excludes halogenated alkanes) is 8. The fraction of sp³-hybridized carbons (Fsp3) is 0.905. The zero-order chi connectivity index (χ0) is 17.7. The first-order chi connectivity index (χ1) is 11.8. The van der Waals surface area contributed by atoms with Crippen LogP contribution in [0.15, 0.2) is 12.2 Å². The summed E-state index contributed by atoms with van der Waals surface area (Å²) < 4.78 is 11.9. The molecule has 0 saturated heterocycles. The van der Waals surface area contributed by atoms with E-state index in [1.54, 1.807) is 0 Å². The maximum Gasteiger partial charge on any atom is 0.157 e. The van der Waals surface area contributed by atoms with Gasteiger partial charge < -0.3 is 14.6 Å². The van der Waals surface area contributed by atoms with E-state index in [1.807, 2.05) is 0 Å². The van der Waals surface area contributed by atoms with Gasteiger partial charge in [0.25, 0.3) is 0 Å². The second kappa shape index (κ2) is 20.7. The highest BCUT2D eigenvalue weighted by molar-refractivity contribution is 4.80. The van der Waals surface area contributed by atoms with E-state index in [0.29, 0.717) is 0 Å². The van der Waals surface area contributed by atoms with E-state index < -0.39 is 0 Å². The predicted octanol–water partition coefficient (Wildman–Crippen LogP) is 6.01. The predicted molar refractivity (Wildman–Crippen MR) is 103 cm³/mol. The van der Waals surface area contributed by atoms with E-state index in [-0.39, 0.29) is 12.9 Å². The monoisotopic (exact) mass is 342 g/mol. The highest BCUT2D eigenvalue weighted by atomic mass is 16.7. The first-order valence-electron chi connectivity index (χ1n) is 10.3. The maximum absolute atomic E-state index is 8.70. The minimum atomic E-state index is 0.00293. The molecule has 0 rings (SSSR count). The number of ether oxygens (including phenoxy) is 2. The van der Waals surface area contributed by atoms with E-state index >= 15 is 0 Å². The summed E-state index contributed by atoms with van der Waals surface area (Å²) >= 11 is 0. The highest BCUT2D eigenvalue weighted by Crippen LogP contribution is 2.12. The van der Waals surface area contributed by atoms with Crippen LogP contribution in [0.1, 0.15) is 97.3 Å². The molecule has 0 amide bonds. The van der Waals surface area contributed by atoms with Gasteiger partial charge in [-0.3, -0.25) is 0 Å². The number of aliphatic hydroxyl groups excluding tert-OH is 1. The minimum Gasteiger partial charge on any atom is -0.396 e. The molecule has 0 heterocycles. The Morgan fingerprint density at radius 2 is 1.29 bits per heavy atom. The second-order valence-electron chi connectivity index (χ2n) is 6.56. The molecule has 3 nitrogen and oxygen atoms in total. The molecule has 0 fully saturated rings. The van der Waals surface area contributed by atoms with Crippen molar-refractivity contribution < 1.29 is 14.6 Å². The molecule has 1 N–H and O–H groups in total. The molecule has 0 atom stereocenters. The van der Waals surface area contributed by atoms with Crippen LogP contribution >= 0.6 is 0 Å². The average molecular weight is 343 g/mol. The molecule has 24 heavy (non-hydrogen) atoms. The summed E-state index contributed by atoms with van der Waals surface area (Å²) in [5, 5.41) is 8.70. The normalized spacial score (nSPS) is 11.8. The lowest BCUT2D eigenvalue weighted by molar-refractivity contribution is -0.148. The quantitative estimate of drug-likeness (QED) is 0.178. The van der Waals surface area contributed by atoms with Gasteiger partial charge in [0.15, 0.2) is 6.29 Å². The lowest BCUT2D eigenvalue weighted by atomic mass is 10.1. The van der Waals surface area contributed by atoms with Crippen LogP contribution in [0.3, 0.4) is 0 Å². The first kappa shape index (κ1) is 23.6. The van der Waals surface area contributed by atoms with Crippen LogP contribution in [0, 0.1) is 0 Å². The molecule has 0 aliphatic heterocycles. The molecule has 3 heteroatoms. The van der Waals surface area contributed by atoms with Gasteiger partial charge in [0, 0.05) is 19.8 Å². The largest absolute Gasteiger partial charge is 0.396 e. The molecule has 0 aromatic heterocycles. The SMILES string of the molecule is CCCCCOC(CCCCCC/C=C\CCO)OCCCCC. The van der Waals surface area contributed by atoms with Gasteiger partial charge in [0.2, 0.25) is 0 Å². The lowest BCUT2D eigenvalue weighted by Crippen LogP contribution is -2.19. The molecular formula is C21H42O3. The van der Waals surface area contributed by atoms with Crippen molar-refractivity contribution in [3.63, 3.8) is 0 Å². The summed E-state index contributed by atoms with van der Waals surface area (Å²) in [4.78, 5) is 0. The van der Waals surface area contributed by atoms with Crippen molar-refractivity contribution in [2.75, 3.05) is 19.8 Å². The number of rotatable bonds is 19. The minimum absolute atomic E-state index is 0.00293. The fourth-order valence-electron chi connectivity index (χ4n) is 2.59. The van der Waals surface area contributed by atoms with E-state index in [4.69, 9.17) is 14.6 Å². The average Bonchev–Trinajstić information content (AvgIpc) is 2.60. The van der Waals surface area contributed by atoms with Crippen LogP contribution in [-0.4, -0.2) is 31.2 Å². The Morgan fingerprint density at radius 1 is 0.708 bits per heavy atom. The Labute approximate surface area is 150 Å². The van der Waals surface area contributed by atoms with Crippen LogP contribution in [-0.2, 0) is 9.47 Å². The third-order valence-corrected chi connectivity index (χ3v) is 4.13. The molecule has 0 bridgehead atoms. The summed E-state index contributed by atoms with van der Waals surface area (Å²) in [7, 11) is 0. The van der Waals surface area contributed by atoms with E-state index in [1.165, 1.54) is 51.4 Å². The molecule has 144 valence electrons. The number of hydrogen-bond acceptors (Lipinski definition) is 3. The van der Waals surface area contributed by atoms with Gasteiger partial charge in [-0.1, -0.05) is 64.5 Å². The van der Waals surface area contributed by atoms with E-state index in [2.05, 4.69) is 26.0 Å². The van der Waals surface area contributed by atoms with Gasteiger partial charge in [-0.05, 0) is 44.9 Å². The molecule has 0 aromatic rings. The van der Waals surface area contributed by atoms with Gasteiger partial charge in [0.1, 0.15) is 0 Å². The zero-order valence-corrected chi connectivity index (χ0v) is 16.3. The Hall–Kier alpha value is -0.380. The van der Waals surface area contributed by atoms with Gasteiger partial charge >= 0.3 is 0 Å². The molecule has 0 spiro atoms. The van der Waals surface area contributed by atoms with Crippen molar-refractivity contribution in [2.45, 2.75) is 104 Å². The topological polar surface area (TPSA) is 38.7 Å². The van der Waals surface area contributed by atoms with Crippen LogP contribution in [0.2, 0.25) is 0 Å². The van der Waals surface area contributed by atoms with Gasteiger partial charge in [-0.2, -0.15) is 0 Å². The molecule has 0 saturated carbocycles. The standard InChI is InChI=1S/C21H42O3/c1-3-5-15-19-23-21(24-20-16-6-4-2)17-13-11-9-7-8-10-12-14-18-22/h10,12,21-22H,3-9,11,13-20H2,1-2H3/b12-10-. The summed E-state index contributed by atoms with van der Waals surface area (Å²) in [5.41, 5.74) is 0. The number of aliphatic hydroxyl groups is 1. The summed E-state index contributed by atoms with van der Waals surface area (Å²) in [6.45, 7) is 6.37. The third-order valence-electron chi connectivity index (χ3n) is 4.13. The number of allylic oxidation sites excluding steroid dienone is 1. The van der Waals surface area contributed by atoms with Crippen molar-refractivity contribution in [3.8, 4) is 0 Å². The van der Waals surface area contributed by atoms with Crippen molar-refractivity contribution in [1.29, 1.82) is 0 Å². The summed E-state index contributed by atoms with van der Waals surface area (Å²) in [6.07, 6.45) is 19.4. The smallest absolute Gasteiger partial charge is 0.157 e. The molecule has 0 aliphatic carbocycles. The second-order valence-corrected chi connectivity index (χ2v) is 6.56. The van der Waals surface area contributed by atoms with Gasteiger partial charge in [-0.25, -0.2) is 0 Å². The van der Waals surface area contributed by atoms with Crippen molar-refractivity contribution in [3.05, 3.63) is 12.2 Å². The van der Waals surface area contributed by atoms with Crippen molar-refractivity contribution >= 4 is 0 Å². The Kier molecular flexibility index (Phi) is 20.3. The van der Waals surface area contributed by atoms with Crippen LogP contribution in [0.5, 0.6) is 0 Å². The molecule has 0 radical (unpaired) electrons. The Balaban J connectivity index is 3.69. The highest BCUT2D eigenvalue weighted by Gasteiger charge is 2.09. The van der Waals surface area contributed by atoms with Crippen LogP contribution in [0.25, 0.3) is 0 Å². The summed E-state index contributed by atoms with van der Waals surface area (Å²) in [5.74, 6) is 0. The summed E-state index contributed by atoms with van der Waals surface area (Å²) in [6, 6.07) is 0. The Morgan fingerprint density at radius 3 is 1.88 bits per heavy atom. The van der Waals surface area contributed by atoms with Crippen LogP contribution < -0.4 is 0 Å². The van der Waals surface area contributed by atoms with Crippen molar-refractivity contribution in [1.82, 2.24) is 0 Å². The molecular weight excluding hydrogens is 300 g/mol. The van der Waals surface area contributed by atoms with Gasteiger partial charge in [-0.15, -0.1) is 0 Å².